The molecule has 1 saturated heterocycles. The highest BCUT2D eigenvalue weighted by atomic mass is 16.6. The van der Waals surface area contributed by atoms with Crippen LogP contribution in [0.15, 0.2) is 78.0 Å². The zero-order valence-electron chi connectivity index (χ0n) is 19.4. The number of nitrogens with one attached hydrogen (secondary N) is 1. The zero-order valence-corrected chi connectivity index (χ0v) is 19.4. The zero-order chi connectivity index (χ0) is 23.8. The summed E-state index contributed by atoms with van der Waals surface area (Å²) < 4.78 is 5.91. The molecule has 4 rings (SSSR count). The Kier molecular flexibility index (Phi) is 7.65. The highest BCUT2D eigenvalue weighted by molar-refractivity contribution is 5.99. The number of anilines is 2. The minimum atomic E-state index is -0.304. The van der Waals surface area contributed by atoms with Gasteiger partial charge in [-0.2, -0.15) is 0 Å². The number of hydrogen-bond donors (Lipinski definition) is 2. The van der Waals surface area contributed by atoms with E-state index in [-0.39, 0.29) is 18.3 Å². The van der Waals surface area contributed by atoms with Gasteiger partial charge in [-0.15, -0.1) is 0 Å². The largest absolute Gasteiger partial charge is 0.488 e. The van der Waals surface area contributed by atoms with Crippen molar-refractivity contribution in [3.05, 3.63) is 89.5 Å². The number of para-hydroxylation sites is 1. The summed E-state index contributed by atoms with van der Waals surface area (Å²) in [5.41, 5.74) is 10.7. The van der Waals surface area contributed by atoms with E-state index in [1.807, 2.05) is 67.6 Å². The molecular weight excluding hydrogens is 428 g/mol. The molecule has 0 aromatic heterocycles. The fourth-order valence-corrected chi connectivity index (χ4v) is 3.90. The van der Waals surface area contributed by atoms with Crippen LogP contribution in [0.5, 0.6) is 5.75 Å². The number of ether oxygens (including phenoxy) is 1. The number of nitrogens with zero attached hydrogens (tertiary/aromatic N) is 2. The third-order valence-electron chi connectivity index (χ3n) is 5.71. The number of oxime groups is 1. The van der Waals surface area contributed by atoms with Crippen LogP contribution in [0.2, 0.25) is 0 Å². The van der Waals surface area contributed by atoms with E-state index >= 15 is 0 Å². The Hall–Kier alpha value is -4.00. The lowest BCUT2D eigenvalue weighted by atomic mass is 10.1. The van der Waals surface area contributed by atoms with Crippen LogP contribution >= 0.6 is 0 Å². The van der Waals surface area contributed by atoms with Crippen molar-refractivity contribution < 1.29 is 14.4 Å². The second kappa shape index (κ2) is 11.2. The molecule has 3 aromatic rings. The predicted molar refractivity (Wildman–Crippen MR) is 135 cm³/mol. The average Bonchev–Trinajstić information content (AvgIpc) is 3.40. The Balaban J connectivity index is 1.31. The molecule has 1 aliphatic heterocycles. The lowest BCUT2D eigenvalue weighted by Crippen LogP contribution is -2.21. The van der Waals surface area contributed by atoms with E-state index in [9.17, 15) is 4.79 Å². The third-order valence-corrected chi connectivity index (χ3v) is 5.71. The quantitative estimate of drug-likeness (QED) is 0.281. The smallest absolute Gasteiger partial charge is 0.265 e. The predicted octanol–water partition coefficient (Wildman–Crippen LogP) is 4.45. The van der Waals surface area contributed by atoms with Crippen molar-refractivity contribution in [2.75, 3.05) is 29.9 Å². The van der Waals surface area contributed by atoms with Gasteiger partial charge in [-0.3, -0.25) is 4.79 Å². The van der Waals surface area contributed by atoms with Crippen molar-refractivity contribution >= 4 is 23.1 Å². The van der Waals surface area contributed by atoms with E-state index in [1.165, 1.54) is 18.5 Å². The van der Waals surface area contributed by atoms with Gasteiger partial charge in [0.2, 0.25) is 0 Å². The normalized spacial score (nSPS) is 13.6. The van der Waals surface area contributed by atoms with Crippen molar-refractivity contribution in [3.8, 4) is 5.75 Å². The van der Waals surface area contributed by atoms with Crippen molar-refractivity contribution in [1.82, 2.24) is 0 Å². The van der Waals surface area contributed by atoms with Crippen molar-refractivity contribution in [1.29, 1.82) is 0 Å². The summed E-state index contributed by atoms with van der Waals surface area (Å²) in [6.07, 6.45) is 2.45. The molecule has 0 spiro atoms. The van der Waals surface area contributed by atoms with Gasteiger partial charge < -0.3 is 25.5 Å². The monoisotopic (exact) mass is 458 g/mol. The van der Waals surface area contributed by atoms with E-state index in [4.69, 9.17) is 15.3 Å². The standard InChI is InChI=1S/C27H30N4O3/c1-20-17-22(31-15-7-8-16-31)13-14-24(20)29-26(32)19-34-30-27(28)23-11-5-6-12-25(23)33-18-21-9-3-2-4-10-21/h2-6,9-14,17H,7-8,15-16,18-19H2,1H3,(H2,28,30)(H,29,32). The number of benzene rings is 3. The molecule has 176 valence electrons. The molecule has 7 heteroatoms. The maximum absolute atomic E-state index is 12.4. The maximum atomic E-state index is 12.4. The Morgan fingerprint density at radius 1 is 1.03 bits per heavy atom. The van der Waals surface area contributed by atoms with Gasteiger partial charge in [-0.05, 0) is 61.2 Å². The molecule has 1 heterocycles. The summed E-state index contributed by atoms with van der Waals surface area (Å²) in [5.74, 6) is 0.430. The van der Waals surface area contributed by atoms with Crippen molar-refractivity contribution in [2.45, 2.75) is 26.4 Å². The maximum Gasteiger partial charge on any atom is 0.265 e. The number of carbonyl (C=O) groups is 1. The fourth-order valence-electron chi connectivity index (χ4n) is 3.90. The summed E-state index contributed by atoms with van der Waals surface area (Å²) in [5, 5.41) is 6.80. The van der Waals surface area contributed by atoms with Gasteiger partial charge >= 0.3 is 0 Å². The highest BCUT2D eigenvalue weighted by Gasteiger charge is 2.14. The number of nitrogens with two attached hydrogens (primary N) is 1. The second-order valence-corrected chi connectivity index (χ2v) is 8.26. The van der Waals surface area contributed by atoms with E-state index in [0.717, 1.165) is 29.9 Å². The summed E-state index contributed by atoms with van der Waals surface area (Å²) in [7, 11) is 0. The lowest BCUT2D eigenvalue weighted by molar-refractivity contribution is -0.120. The van der Waals surface area contributed by atoms with Gasteiger partial charge in [0.05, 0.1) is 5.56 Å². The highest BCUT2D eigenvalue weighted by Crippen LogP contribution is 2.25. The first-order valence-electron chi connectivity index (χ1n) is 11.5. The number of carbonyl (C=O) groups excluding carboxylic acids is 1. The number of rotatable bonds is 9. The van der Waals surface area contributed by atoms with Gasteiger partial charge in [0.25, 0.3) is 5.91 Å². The molecular formula is C27H30N4O3. The van der Waals surface area contributed by atoms with Gasteiger partial charge in [0, 0.05) is 24.5 Å². The first-order valence-corrected chi connectivity index (χ1v) is 11.5. The average molecular weight is 459 g/mol. The van der Waals surface area contributed by atoms with Crippen LogP contribution in [-0.4, -0.2) is 31.4 Å². The minimum Gasteiger partial charge on any atom is -0.488 e. The van der Waals surface area contributed by atoms with E-state index in [2.05, 4.69) is 21.4 Å². The molecule has 1 aliphatic rings. The summed E-state index contributed by atoms with van der Waals surface area (Å²) in [6, 6.07) is 23.3. The van der Waals surface area contributed by atoms with Crippen LogP contribution in [0.4, 0.5) is 11.4 Å². The van der Waals surface area contributed by atoms with E-state index < -0.39 is 0 Å². The van der Waals surface area contributed by atoms with E-state index in [0.29, 0.717) is 17.9 Å². The molecule has 0 unspecified atom stereocenters. The number of hydrogen-bond acceptors (Lipinski definition) is 5. The summed E-state index contributed by atoms with van der Waals surface area (Å²) in [6.45, 7) is 4.31. The molecule has 7 nitrogen and oxygen atoms in total. The molecule has 1 amide bonds. The Labute approximate surface area is 200 Å². The van der Waals surface area contributed by atoms with Crippen molar-refractivity contribution in [3.63, 3.8) is 0 Å². The Bertz CT molecular complexity index is 1140. The summed E-state index contributed by atoms with van der Waals surface area (Å²) >= 11 is 0. The Morgan fingerprint density at radius 3 is 2.53 bits per heavy atom. The molecule has 0 aliphatic carbocycles. The lowest BCUT2D eigenvalue weighted by Gasteiger charge is -2.19. The molecule has 3 aromatic carbocycles. The molecule has 0 atom stereocenters. The SMILES string of the molecule is Cc1cc(N2CCCC2)ccc1NC(=O)CO/N=C(\N)c1ccccc1OCc1ccccc1. The molecule has 0 radical (unpaired) electrons. The van der Waals surface area contributed by atoms with Crippen molar-refractivity contribution in [2.24, 2.45) is 10.9 Å². The topological polar surface area (TPSA) is 89.2 Å². The first kappa shape index (κ1) is 23.2. The van der Waals surface area contributed by atoms with Crippen LogP contribution in [0.25, 0.3) is 0 Å². The molecule has 34 heavy (non-hydrogen) atoms. The summed E-state index contributed by atoms with van der Waals surface area (Å²) in [4.78, 5) is 20.0. The Morgan fingerprint density at radius 2 is 1.76 bits per heavy atom. The molecule has 1 fully saturated rings. The molecule has 0 saturated carbocycles. The van der Waals surface area contributed by atoms with Gasteiger partial charge in [-0.1, -0.05) is 47.6 Å². The fraction of sp³-hybridized carbons (Fsp3) is 0.259. The number of amides is 1. The molecule has 3 N–H and O–H groups in total. The van der Waals surface area contributed by atoms with Crippen LogP contribution in [0, 0.1) is 6.92 Å². The van der Waals surface area contributed by atoms with Gasteiger partial charge in [-0.25, -0.2) is 0 Å². The first-order chi connectivity index (χ1) is 16.6. The second-order valence-electron chi connectivity index (χ2n) is 8.26. The van der Waals surface area contributed by atoms with Gasteiger partial charge in [0.1, 0.15) is 12.4 Å². The van der Waals surface area contributed by atoms with Crippen LogP contribution in [0.1, 0.15) is 29.5 Å². The molecule has 0 bridgehead atoms. The van der Waals surface area contributed by atoms with Crippen LogP contribution in [0.3, 0.4) is 0 Å². The third kappa shape index (κ3) is 6.07. The van der Waals surface area contributed by atoms with E-state index in [1.54, 1.807) is 6.07 Å². The van der Waals surface area contributed by atoms with Crippen LogP contribution < -0.4 is 20.7 Å². The number of amidine groups is 1. The number of aryl methyl sites for hydroxylation is 1. The van der Waals surface area contributed by atoms with Gasteiger partial charge in [0.15, 0.2) is 12.4 Å². The van der Waals surface area contributed by atoms with Crippen LogP contribution in [-0.2, 0) is 16.2 Å². The minimum absolute atomic E-state index is 0.141.